The fourth-order valence-electron chi connectivity index (χ4n) is 2.60. The van der Waals surface area contributed by atoms with E-state index < -0.39 is 11.9 Å². The van der Waals surface area contributed by atoms with Crippen LogP contribution in [0.4, 0.5) is 4.79 Å². The molecular weight excluding hydrogens is 244 g/mol. The van der Waals surface area contributed by atoms with E-state index in [-0.39, 0.29) is 18.6 Å². The number of hydrogen-bond acceptors (Lipinski definition) is 2. The zero-order chi connectivity index (χ0) is 14.4. The molecule has 2 amide bonds. The number of carbonyl (C=O) groups excluding carboxylic acids is 1. The van der Waals surface area contributed by atoms with Crippen LogP contribution < -0.4 is 5.32 Å². The molecule has 1 aliphatic rings. The first-order valence-corrected chi connectivity index (χ1v) is 7.22. The zero-order valence-corrected chi connectivity index (χ0v) is 12.2. The van der Waals surface area contributed by atoms with E-state index in [0.29, 0.717) is 12.5 Å². The van der Waals surface area contributed by atoms with Gasteiger partial charge in [-0.15, -0.1) is 0 Å². The summed E-state index contributed by atoms with van der Waals surface area (Å²) in [7, 11) is 0. The normalized spacial score (nSPS) is 24.6. The molecule has 0 aromatic heterocycles. The van der Waals surface area contributed by atoms with Gasteiger partial charge in [0.15, 0.2) is 0 Å². The smallest absolute Gasteiger partial charge is 0.317 e. The van der Waals surface area contributed by atoms with Gasteiger partial charge in [-0.3, -0.25) is 4.79 Å². The molecule has 1 fully saturated rings. The van der Waals surface area contributed by atoms with Crippen LogP contribution in [-0.2, 0) is 4.79 Å². The maximum atomic E-state index is 12.1. The molecule has 19 heavy (non-hydrogen) atoms. The van der Waals surface area contributed by atoms with Crippen LogP contribution in [0.1, 0.15) is 46.5 Å². The zero-order valence-electron chi connectivity index (χ0n) is 12.2. The van der Waals surface area contributed by atoms with Gasteiger partial charge in [-0.05, 0) is 25.7 Å². The number of carboxylic acids is 1. The second-order valence-electron chi connectivity index (χ2n) is 5.70. The molecule has 1 saturated carbocycles. The van der Waals surface area contributed by atoms with E-state index in [1.165, 1.54) is 6.42 Å². The van der Waals surface area contributed by atoms with E-state index in [4.69, 9.17) is 5.11 Å². The van der Waals surface area contributed by atoms with E-state index in [9.17, 15) is 9.59 Å². The number of nitrogens with one attached hydrogen (secondary N) is 1. The third-order valence-electron chi connectivity index (χ3n) is 3.85. The minimum atomic E-state index is -0.863. The van der Waals surface area contributed by atoms with Crippen LogP contribution in [0, 0.1) is 11.8 Å². The van der Waals surface area contributed by atoms with Crippen LogP contribution in [-0.4, -0.2) is 41.1 Å². The standard InChI is InChI=1S/C14H26N2O3/c1-4-16(9-11(3)13(17)18)14(19)15-12-7-5-6-10(2)8-12/h10-12H,4-9H2,1-3H3,(H,15,19)(H,17,18). The lowest BCUT2D eigenvalue weighted by molar-refractivity contribution is -0.141. The van der Waals surface area contributed by atoms with Crippen molar-refractivity contribution >= 4 is 12.0 Å². The Labute approximate surface area is 115 Å². The molecule has 0 saturated heterocycles. The Kier molecular flexibility index (Phi) is 6.12. The average molecular weight is 270 g/mol. The lowest BCUT2D eigenvalue weighted by atomic mass is 9.87. The van der Waals surface area contributed by atoms with Gasteiger partial charge in [0.2, 0.25) is 0 Å². The molecule has 0 spiro atoms. The minimum absolute atomic E-state index is 0.130. The first kappa shape index (κ1) is 15.8. The van der Waals surface area contributed by atoms with Gasteiger partial charge in [0, 0.05) is 19.1 Å². The van der Waals surface area contributed by atoms with E-state index >= 15 is 0 Å². The predicted octanol–water partition coefficient (Wildman–Crippen LogP) is 2.32. The first-order chi connectivity index (χ1) is 8.93. The maximum Gasteiger partial charge on any atom is 0.317 e. The third-order valence-corrected chi connectivity index (χ3v) is 3.85. The summed E-state index contributed by atoms with van der Waals surface area (Å²) < 4.78 is 0. The predicted molar refractivity (Wildman–Crippen MR) is 74.0 cm³/mol. The van der Waals surface area contributed by atoms with Crippen LogP contribution in [0.3, 0.4) is 0 Å². The van der Waals surface area contributed by atoms with Crippen LogP contribution in [0.15, 0.2) is 0 Å². The molecule has 3 atom stereocenters. The number of rotatable bonds is 5. The number of aliphatic carboxylic acids is 1. The molecule has 5 heteroatoms. The van der Waals surface area contributed by atoms with Gasteiger partial charge in [0.25, 0.3) is 0 Å². The fraction of sp³-hybridized carbons (Fsp3) is 0.857. The summed E-state index contributed by atoms with van der Waals surface area (Å²) in [5, 5.41) is 11.9. The minimum Gasteiger partial charge on any atom is -0.481 e. The Morgan fingerprint density at radius 1 is 1.42 bits per heavy atom. The molecule has 0 heterocycles. The summed E-state index contributed by atoms with van der Waals surface area (Å²) in [4.78, 5) is 24.6. The van der Waals surface area contributed by atoms with Crippen molar-refractivity contribution in [2.45, 2.75) is 52.5 Å². The van der Waals surface area contributed by atoms with Crippen molar-refractivity contribution < 1.29 is 14.7 Å². The lowest BCUT2D eigenvalue weighted by Crippen LogP contribution is -2.48. The Hall–Kier alpha value is -1.26. The second-order valence-corrected chi connectivity index (χ2v) is 5.70. The number of carboxylic acid groups (broad SMARTS) is 1. The van der Waals surface area contributed by atoms with Gasteiger partial charge in [0.05, 0.1) is 5.92 Å². The largest absolute Gasteiger partial charge is 0.481 e. The monoisotopic (exact) mass is 270 g/mol. The van der Waals surface area contributed by atoms with Gasteiger partial charge in [-0.2, -0.15) is 0 Å². The fourth-order valence-corrected chi connectivity index (χ4v) is 2.60. The number of urea groups is 1. The molecular formula is C14H26N2O3. The molecule has 0 bridgehead atoms. The topological polar surface area (TPSA) is 69.6 Å². The van der Waals surface area contributed by atoms with Gasteiger partial charge < -0.3 is 15.3 Å². The highest BCUT2D eigenvalue weighted by Gasteiger charge is 2.24. The van der Waals surface area contributed by atoms with Gasteiger partial charge in [-0.1, -0.05) is 26.7 Å². The van der Waals surface area contributed by atoms with Crippen LogP contribution in [0.25, 0.3) is 0 Å². The Morgan fingerprint density at radius 2 is 2.11 bits per heavy atom. The highest BCUT2D eigenvalue weighted by Crippen LogP contribution is 2.23. The molecule has 0 aromatic rings. The molecule has 0 aliphatic heterocycles. The summed E-state index contributed by atoms with van der Waals surface area (Å²) >= 11 is 0. The Bertz CT molecular complexity index is 320. The first-order valence-electron chi connectivity index (χ1n) is 7.22. The van der Waals surface area contributed by atoms with Gasteiger partial charge in [0.1, 0.15) is 0 Å². The van der Waals surface area contributed by atoms with Gasteiger partial charge >= 0.3 is 12.0 Å². The summed E-state index contributed by atoms with van der Waals surface area (Å²) in [6.07, 6.45) is 4.45. The van der Waals surface area contributed by atoms with Crippen LogP contribution in [0.5, 0.6) is 0 Å². The summed E-state index contributed by atoms with van der Waals surface area (Å²) in [6, 6.07) is 0.111. The van der Waals surface area contributed by atoms with E-state index in [1.54, 1.807) is 11.8 Å². The molecule has 3 unspecified atom stereocenters. The number of carbonyl (C=O) groups is 2. The van der Waals surface area contributed by atoms with E-state index in [2.05, 4.69) is 12.2 Å². The highest BCUT2D eigenvalue weighted by molar-refractivity contribution is 5.76. The molecule has 1 rings (SSSR count). The van der Waals surface area contributed by atoms with Crippen molar-refractivity contribution in [1.29, 1.82) is 0 Å². The Morgan fingerprint density at radius 3 is 2.63 bits per heavy atom. The van der Waals surface area contributed by atoms with E-state index in [1.807, 2.05) is 6.92 Å². The highest BCUT2D eigenvalue weighted by atomic mass is 16.4. The second kappa shape index (κ2) is 7.36. The van der Waals surface area contributed by atoms with Crippen LogP contribution in [0.2, 0.25) is 0 Å². The van der Waals surface area contributed by atoms with Crippen molar-refractivity contribution in [3.05, 3.63) is 0 Å². The van der Waals surface area contributed by atoms with Crippen molar-refractivity contribution in [2.24, 2.45) is 11.8 Å². The SMILES string of the molecule is CCN(CC(C)C(=O)O)C(=O)NC1CCCC(C)C1. The number of hydrogen-bond donors (Lipinski definition) is 2. The van der Waals surface area contributed by atoms with E-state index in [0.717, 1.165) is 19.3 Å². The number of nitrogens with zero attached hydrogens (tertiary/aromatic N) is 1. The molecule has 0 radical (unpaired) electrons. The average Bonchev–Trinajstić information content (AvgIpc) is 2.35. The maximum absolute atomic E-state index is 12.1. The number of amides is 2. The van der Waals surface area contributed by atoms with Crippen molar-refractivity contribution in [3.8, 4) is 0 Å². The molecule has 1 aliphatic carbocycles. The van der Waals surface area contributed by atoms with Crippen molar-refractivity contribution in [1.82, 2.24) is 10.2 Å². The lowest BCUT2D eigenvalue weighted by Gasteiger charge is -2.30. The Balaban J connectivity index is 2.46. The molecule has 5 nitrogen and oxygen atoms in total. The summed E-state index contributed by atoms with van der Waals surface area (Å²) in [5.41, 5.74) is 0. The van der Waals surface area contributed by atoms with Crippen molar-refractivity contribution in [2.75, 3.05) is 13.1 Å². The summed E-state index contributed by atoms with van der Waals surface area (Å²) in [5.74, 6) is -0.736. The quantitative estimate of drug-likeness (QED) is 0.805. The third kappa shape index (κ3) is 5.09. The molecule has 2 N–H and O–H groups in total. The molecule has 110 valence electrons. The summed E-state index contributed by atoms with van der Waals surface area (Å²) in [6.45, 7) is 6.51. The van der Waals surface area contributed by atoms with Crippen molar-refractivity contribution in [3.63, 3.8) is 0 Å². The van der Waals surface area contributed by atoms with Crippen LogP contribution >= 0.6 is 0 Å². The van der Waals surface area contributed by atoms with Gasteiger partial charge in [-0.25, -0.2) is 4.79 Å². The molecule has 0 aromatic carbocycles.